The molecule has 1 radical (unpaired) electrons. The van der Waals surface area contributed by atoms with Gasteiger partial charge in [0.25, 0.3) is 0 Å². The largest absolute Gasteiger partial charge is 0.378 e. The third-order valence-electron chi connectivity index (χ3n) is 3.28. The quantitative estimate of drug-likeness (QED) is 0.692. The minimum atomic E-state index is 0.473. The summed E-state index contributed by atoms with van der Waals surface area (Å²) in [4.78, 5) is 0. The molecular formula is C15H22NO. The fourth-order valence-corrected chi connectivity index (χ4v) is 2.28. The Morgan fingerprint density at radius 2 is 2.00 bits per heavy atom. The van der Waals surface area contributed by atoms with Crippen molar-refractivity contribution >= 4 is 0 Å². The molecule has 1 heterocycles. The van der Waals surface area contributed by atoms with Crippen LogP contribution in [0.1, 0.15) is 31.2 Å². The SMILES string of the molecule is c1ccc(CCCCCC2COCC[N]2)cc1. The van der Waals surface area contributed by atoms with Crippen molar-refractivity contribution in [2.24, 2.45) is 0 Å². The number of hydrogen-bond donors (Lipinski definition) is 0. The minimum Gasteiger partial charge on any atom is -0.378 e. The van der Waals surface area contributed by atoms with Gasteiger partial charge in [-0.05, 0) is 24.8 Å². The molecule has 0 spiro atoms. The minimum absolute atomic E-state index is 0.473. The van der Waals surface area contributed by atoms with Crippen molar-refractivity contribution in [2.45, 2.75) is 38.1 Å². The Morgan fingerprint density at radius 1 is 1.12 bits per heavy atom. The van der Waals surface area contributed by atoms with Gasteiger partial charge in [-0.15, -0.1) is 0 Å². The van der Waals surface area contributed by atoms with Crippen molar-refractivity contribution in [3.8, 4) is 0 Å². The molecule has 0 amide bonds. The summed E-state index contributed by atoms with van der Waals surface area (Å²) < 4.78 is 5.41. The molecule has 0 N–H and O–H groups in total. The van der Waals surface area contributed by atoms with Crippen LogP contribution in [-0.4, -0.2) is 25.8 Å². The van der Waals surface area contributed by atoms with Gasteiger partial charge in [0.2, 0.25) is 0 Å². The van der Waals surface area contributed by atoms with Crippen LogP contribution in [0, 0.1) is 0 Å². The van der Waals surface area contributed by atoms with Gasteiger partial charge >= 0.3 is 0 Å². The van der Waals surface area contributed by atoms with E-state index in [2.05, 4.69) is 35.6 Å². The van der Waals surface area contributed by atoms with Crippen molar-refractivity contribution in [2.75, 3.05) is 19.8 Å². The summed E-state index contributed by atoms with van der Waals surface area (Å²) in [5.74, 6) is 0. The molecule has 1 aliphatic heterocycles. The zero-order valence-electron chi connectivity index (χ0n) is 10.5. The van der Waals surface area contributed by atoms with Crippen LogP contribution in [0.4, 0.5) is 0 Å². The number of rotatable bonds is 6. The second kappa shape index (κ2) is 7.46. The number of unbranched alkanes of at least 4 members (excludes halogenated alkanes) is 2. The van der Waals surface area contributed by atoms with Gasteiger partial charge in [0.15, 0.2) is 0 Å². The van der Waals surface area contributed by atoms with Crippen LogP contribution in [0.2, 0.25) is 0 Å². The number of morpholine rings is 1. The predicted molar refractivity (Wildman–Crippen MR) is 70.2 cm³/mol. The highest BCUT2D eigenvalue weighted by Gasteiger charge is 2.13. The van der Waals surface area contributed by atoms with E-state index < -0.39 is 0 Å². The molecule has 1 saturated heterocycles. The Labute approximate surface area is 104 Å². The van der Waals surface area contributed by atoms with Crippen molar-refractivity contribution in [1.82, 2.24) is 5.32 Å². The predicted octanol–water partition coefficient (Wildman–Crippen LogP) is 2.79. The average Bonchev–Trinajstić information content (AvgIpc) is 2.41. The van der Waals surface area contributed by atoms with Crippen LogP contribution < -0.4 is 5.32 Å². The lowest BCUT2D eigenvalue weighted by Gasteiger charge is -2.21. The van der Waals surface area contributed by atoms with Gasteiger partial charge in [-0.1, -0.05) is 43.2 Å². The molecule has 1 unspecified atom stereocenters. The number of nitrogens with zero attached hydrogens (tertiary/aromatic N) is 1. The third kappa shape index (κ3) is 4.88. The van der Waals surface area contributed by atoms with E-state index in [1.54, 1.807) is 0 Å². The number of ether oxygens (including phenoxy) is 1. The molecule has 1 atom stereocenters. The summed E-state index contributed by atoms with van der Waals surface area (Å²) in [6.45, 7) is 2.57. The Morgan fingerprint density at radius 3 is 2.76 bits per heavy atom. The molecule has 0 bridgehead atoms. The number of benzene rings is 1. The van der Waals surface area contributed by atoms with Gasteiger partial charge < -0.3 is 4.74 Å². The van der Waals surface area contributed by atoms with Crippen molar-refractivity contribution in [3.63, 3.8) is 0 Å². The molecule has 0 aliphatic carbocycles. The summed E-state index contributed by atoms with van der Waals surface area (Å²) in [5, 5.41) is 4.56. The van der Waals surface area contributed by atoms with E-state index in [-0.39, 0.29) is 0 Å². The average molecular weight is 232 g/mol. The molecule has 1 aromatic rings. The zero-order chi connectivity index (χ0) is 11.8. The van der Waals surface area contributed by atoms with Crippen molar-refractivity contribution < 1.29 is 4.74 Å². The molecule has 1 aromatic carbocycles. The smallest absolute Gasteiger partial charge is 0.0636 e. The van der Waals surface area contributed by atoms with Gasteiger partial charge in [-0.2, -0.15) is 0 Å². The van der Waals surface area contributed by atoms with E-state index in [1.165, 1.54) is 37.7 Å². The molecule has 2 nitrogen and oxygen atoms in total. The molecule has 1 fully saturated rings. The van der Waals surface area contributed by atoms with Crippen LogP contribution in [-0.2, 0) is 11.2 Å². The third-order valence-corrected chi connectivity index (χ3v) is 3.28. The topological polar surface area (TPSA) is 23.3 Å². The van der Waals surface area contributed by atoms with E-state index in [9.17, 15) is 0 Å². The molecular weight excluding hydrogens is 210 g/mol. The second-order valence-electron chi connectivity index (χ2n) is 4.72. The van der Waals surface area contributed by atoms with Gasteiger partial charge in [-0.3, -0.25) is 0 Å². The molecule has 17 heavy (non-hydrogen) atoms. The van der Waals surface area contributed by atoms with Crippen LogP contribution in [0.3, 0.4) is 0 Å². The Hall–Kier alpha value is -0.860. The molecule has 1 aliphatic rings. The number of hydrogen-bond acceptors (Lipinski definition) is 1. The summed E-state index contributed by atoms with van der Waals surface area (Å²) >= 11 is 0. The van der Waals surface area contributed by atoms with Gasteiger partial charge in [0.05, 0.1) is 13.2 Å². The lowest BCUT2D eigenvalue weighted by Crippen LogP contribution is -2.35. The first-order chi connectivity index (χ1) is 8.45. The monoisotopic (exact) mass is 232 g/mol. The molecule has 0 saturated carbocycles. The van der Waals surface area contributed by atoms with Gasteiger partial charge in [0, 0.05) is 12.6 Å². The van der Waals surface area contributed by atoms with Gasteiger partial charge in [-0.25, -0.2) is 5.32 Å². The summed E-state index contributed by atoms with van der Waals surface area (Å²) in [5.41, 5.74) is 1.46. The maximum atomic E-state index is 5.41. The Balaban J connectivity index is 1.51. The molecule has 2 rings (SSSR count). The van der Waals surface area contributed by atoms with E-state index in [0.717, 1.165) is 19.8 Å². The highest BCUT2D eigenvalue weighted by Crippen LogP contribution is 2.10. The van der Waals surface area contributed by atoms with Crippen LogP contribution in [0.25, 0.3) is 0 Å². The van der Waals surface area contributed by atoms with Crippen LogP contribution in [0.5, 0.6) is 0 Å². The van der Waals surface area contributed by atoms with Crippen molar-refractivity contribution in [1.29, 1.82) is 0 Å². The molecule has 93 valence electrons. The normalized spacial score (nSPS) is 20.4. The van der Waals surface area contributed by atoms with E-state index in [1.807, 2.05) is 0 Å². The lowest BCUT2D eigenvalue weighted by atomic mass is 10.0. The highest BCUT2D eigenvalue weighted by molar-refractivity contribution is 5.14. The Kier molecular flexibility index (Phi) is 5.53. The lowest BCUT2D eigenvalue weighted by molar-refractivity contribution is 0.0710. The number of aryl methyl sites for hydroxylation is 1. The first-order valence-corrected chi connectivity index (χ1v) is 6.73. The van der Waals surface area contributed by atoms with Gasteiger partial charge in [0.1, 0.15) is 0 Å². The molecule has 0 aromatic heterocycles. The van der Waals surface area contributed by atoms with Crippen molar-refractivity contribution in [3.05, 3.63) is 35.9 Å². The highest BCUT2D eigenvalue weighted by atomic mass is 16.5. The zero-order valence-corrected chi connectivity index (χ0v) is 10.5. The fraction of sp³-hybridized carbons (Fsp3) is 0.600. The van der Waals surface area contributed by atoms with Crippen LogP contribution >= 0.6 is 0 Å². The summed E-state index contributed by atoms with van der Waals surface area (Å²) in [6, 6.07) is 11.2. The van der Waals surface area contributed by atoms with Crippen LogP contribution in [0.15, 0.2) is 30.3 Å². The van der Waals surface area contributed by atoms with E-state index in [0.29, 0.717) is 6.04 Å². The summed E-state index contributed by atoms with van der Waals surface area (Å²) in [7, 11) is 0. The maximum absolute atomic E-state index is 5.41. The van der Waals surface area contributed by atoms with E-state index in [4.69, 9.17) is 4.74 Å². The first-order valence-electron chi connectivity index (χ1n) is 6.73. The summed E-state index contributed by atoms with van der Waals surface area (Å²) in [6.07, 6.45) is 6.29. The molecule has 2 heteroatoms. The fourth-order valence-electron chi connectivity index (χ4n) is 2.28. The van der Waals surface area contributed by atoms with E-state index >= 15 is 0 Å². The Bertz CT molecular complexity index is 293. The first kappa shape index (κ1) is 12.6. The maximum Gasteiger partial charge on any atom is 0.0636 e. The second-order valence-corrected chi connectivity index (χ2v) is 4.72. The standard InChI is InChI=1S/C15H22NO/c1-3-7-14(8-4-1)9-5-2-6-10-15-13-17-12-11-16-15/h1,3-4,7-8,15H,2,5-6,9-13H2.